The molecule has 2 saturated heterocycles. The molecule has 0 unspecified atom stereocenters. The van der Waals surface area contributed by atoms with Crippen molar-refractivity contribution in [3.8, 4) is 0 Å². The zero-order chi connectivity index (χ0) is 17.8. The first-order valence-electron chi connectivity index (χ1n) is 6.72. The van der Waals surface area contributed by atoms with Crippen molar-refractivity contribution in [1.82, 2.24) is 4.90 Å². The number of methoxy groups -OCH3 is 1. The second-order valence-electron chi connectivity index (χ2n) is 6.19. The van der Waals surface area contributed by atoms with E-state index >= 15 is 0 Å². The molecule has 0 spiro atoms. The number of nitrogens with zero attached hydrogens (tertiary/aromatic N) is 1. The Kier molecular flexibility index (Phi) is 4.76. The van der Waals surface area contributed by atoms with E-state index < -0.39 is 31.9 Å². The van der Waals surface area contributed by atoms with Gasteiger partial charge in [0, 0.05) is 18.6 Å². The average molecular weight is 475 g/mol. The van der Waals surface area contributed by atoms with E-state index in [0.717, 1.165) is 7.11 Å². The van der Waals surface area contributed by atoms with Gasteiger partial charge in [0.05, 0.1) is 7.11 Å². The van der Waals surface area contributed by atoms with E-state index in [4.69, 9.17) is 9.47 Å². The molecule has 23 heavy (non-hydrogen) atoms. The number of hydrogen-bond acceptors (Lipinski definition) is 7. The van der Waals surface area contributed by atoms with Gasteiger partial charge in [0.15, 0.2) is 3.23 Å². The van der Waals surface area contributed by atoms with Crippen LogP contribution in [0, 0.1) is 0 Å². The summed E-state index contributed by atoms with van der Waals surface area (Å²) in [6, 6.07) is -0.784. The monoisotopic (exact) mass is 473 g/mol. The predicted molar refractivity (Wildman–Crippen MR) is 90.3 cm³/mol. The first-order chi connectivity index (χ1) is 10.3. The normalized spacial score (nSPS) is 27.8. The number of carbonyl (C=O) groups is 3. The molecule has 130 valence electrons. The van der Waals surface area contributed by atoms with Crippen molar-refractivity contribution in [2.24, 2.45) is 0 Å². The minimum Gasteiger partial charge on any atom is -0.438 e. The van der Waals surface area contributed by atoms with Crippen molar-refractivity contribution in [2.75, 3.05) is 7.11 Å². The second kappa shape index (κ2) is 5.80. The Balaban J connectivity index is 2.16. The maximum Gasteiger partial charge on any atom is 0.511 e. The molecule has 10 heteroatoms. The van der Waals surface area contributed by atoms with Gasteiger partial charge in [-0.05, 0) is 13.8 Å². The molecular weight excluding hydrogens is 458 g/mol. The summed E-state index contributed by atoms with van der Waals surface area (Å²) < 4.78 is 13.2. The Hall–Kier alpha value is -0.480. The van der Waals surface area contributed by atoms with Gasteiger partial charge < -0.3 is 19.1 Å². The van der Waals surface area contributed by atoms with Crippen LogP contribution in [-0.2, 0) is 23.8 Å². The van der Waals surface area contributed by atoms with Crippen molar-refractivity contribution in [2.45, 2.75) is 52.9 Å². The SMILES string of the molecule is COC(=O)OC(C)(C)OC(=O)[C@@H]1N2C(=O)C(Br)(Br)[C@H]2SC1(C)C. The summed E-state index contributed by atoms with van der Waals surface area (Å²) >= 11 is 8.16. The van der Waals surface area contributed by atoms with Gasteiger partial charge >= 0.3 is 12.1 Å². The molecule has 1 amide bonds. The molecule has 2 fully saturated rings. The predicted octanol–water partition coefficient (Wildman–Crippen LogP) is 2.60. The first kappa shape index (κ1) is 18.9. The van der Waals surface area contributed by atoms with Crippen LogP contribution in [0.2, 0.25) is 0 Å². The lowest BCUT2D eigenvalue weighted by Crippen LogP contribution is -2.68. The summed E-state index contributed by atoms with van der Waals surface area (Å²) in [6.45, 7) is 6.57. The van der Waals surface area contributed by atoms with E-state index in [0.29, 0.717) is 0 Å². The van der Waals surface area contributed by atoms with Gasteiger partial charge in [-0.2, -0.15) is 0 Å². The maximum atomic E-state index is 12.6. The van der Waals surface area contributed by atoms with Crippen molar-refractivity contribution in [3.05, 3.63) is 0 Å². The van der Waals surface area contributed by atoms with Crippen LogP contribution in [0.4, 0.5) is 4.79 Å². The summed E-state index contributed by atoms with van der Waals surface area (Å²) in [7, 11) is 1.16. The molecule has 2 heterocycles. The van der Waals surface area contributed by atoms with Crippen LogP contribution in [0.5, 0.6) is 0 Å². The summed E-state index contributed by atoms with van der Waals surface area (Å²) in [5.41, 5.74) is 0. The Morgan fingerprint density at radius 3 is 2.35 bits per heavy atom. The summed E-state index contributed by atoms with van der Waals surface area (Å²) in [6.07, 6.45) is -0.958. The number of carbonyl (C=O) groups excluding carboxylic acids is 3. The van der Waals surface area contributed by atoms with E-state index in [1.54, 1.807) is 0 Å². The number of alkyl halides is 2. The largest absolute Gasteiger partial charge is 0.511 e. The molecule has 0 saturated carbocycles. The van der Waals surface area contributed by atoms with Gasteiger partial charge in [-0.1, -0.05) is 31.9 Å². The van der Waals surface area contributed by atoms with Gasteiger partial charge in [0.2, 0.25) is 0 Å². The third kappa shape index (κ3) is 3.21. The van der Waals surface area contributed by atoms with Crippen LogP contribution in [-0.4, -0.2) is 55.2 Å². The number of fused-ring (bicyclic) bond motifs is 1. The second-order valence-corrected chi connectivity index (χ2v) is 11.5. The number of thioether (sulfide) groups is 1. The molecule has 2 atom stereocenters. The first-order valence-corrected chi connectivity index (χ1v) is 9.18. The standard InChI is InChI=1S/C13H17Br2NO6S/c1-11(2)6(16-8(18)13(14,15)9(16)23-11)7(17)21-12(3,4)22-10(19)20-5/h6,9H,1-5H3/t6-,9+/m0/s1. The van der Waals surface area contributed by atoms with E-state index in [2.05, 4.69) is 36.6 Å². The summed E-state index contributed by atoms with van der Waals surface area (Å²) in [5.74, 6) is -2.38. The van der Waals surface area contributed by atoms with Crippen LogP contribution >= 0.6 is 43.6 Å². The van der Waals surface area contributed by atoms with Crippen molar-refractivity contribution in [1.29, 1.82) is 0 Å². The van der Waals surface area contributed by atoms with Gasteiger partial charge in [0.1, 0.15) is 11.4 Å². The van der Waals surface area contributed by atoms with Crippen LogP contribution < -0.4 is 0 Å². The van der Waals surface area contributed by atoms with Crippen LogP contribution in [0.1, 0.15) is 27.7 Å². The van der Waals surface area contributed by atoms with Crippen LogP contribution in [0.25, 0.3) is 0 Å². The molecule has 2 rings (SSSR count). The lowest BCUT2D eigenvalue weighted by molar-refractivity contribution is -0.207. The summed E-state index contributed by atoms with van der Waals surface area (Å²) in [4.78, 5) is 37.5. The maximum absolute atomic E-state index is 12.6. The molecule has 0 radical (unpaired) electrons. The fraction of sp³-hybridized carbons (Fsp3) is 0.769. The highest BCUT2D eigenvalue weighted by molar-refractivity contribution is 9.26. The third-order valence-corrected chi connectivity index (χ3v) is 7.29. The fourth-order valence-corrected chi connectivity index (χ4v) is 5.43. The molecule has 2 aliphatic rings. The Morgan fingerprint density at radius 1 is 1.26 bits per heavy atom. The molecule has 7 nitrogen and oxygen atoms in total. The zero-order valence-corrected chi connectivity index (χ0v) is 17.2. The molecule has 2 aliphatic heterocycles. The van der Waals surface area contributed by atoms with Gasteiger partial charge in [-0.3, -0.25) is 4.79 Å². The van der Waals surface area contributed by atoms with Crippen molar-refractivity contribution < 1.29 is 28.6 Å². The molecule has 0 aromatic carbocycles. The van der Waals surface area contributed by atoms with Gasteiger partial charge in [0.25, 0.3) is 11.7 Å². The Bertz CT molecular complexity index is 565. The Labute approximate surface area is 155 Å². The quantitative estimate of drug-likeness (QED) is 0.269. The summed E-state index contributed by atoms with van der Waals surface area (Å²) in [5, 5.41) is -0.229. The van der Waals surface area contributed by atoms with E-state index in [1.807, 2.05) is 13.8 Å². The number of β-lactam (4-membered cyclic amide) rings is 1. The van der Waals surface area contributed by atoms with Gasteiger partial charge in [-0.25, -0.2) is 9.59 Å². The van der Waals surface area contributed by atoms with Crippen molar-refractivity contribution in [3.63, 3.8) is 0 Å². The number of esters is 1. The molecule has 0 N–H and O–H groups in total. The molecule has 0 aromatic rings. The minimum atomic E-state index is -1.50. The van der Waals surface area contributed by atoms with E-state index in [1.165, 1.54) is 30.5 Å². The number of halogens is 2. The minimum absolute atomic E-state index is 0.229. The highest BCUT2D eigenvalue weighted by Gasteiger charge is 2.70. The number of rotatable bonds is 3. The van der Waals surface area contributed by atoms with Crippen LogP contribution in [0.15, 0.2) is 0 Å². The molecule has 0 bridgehead atoms. The highest BCUT2D eigenvalue weighted by Crippen LogP contribution is 2.60. The van der Waals surface area contributed by atoms with Crippen molar-refractivity contribution >= 4 is 61.7 Å². The molecular formula is C13H17Br2NO6S. The number of ether oxygens (including phenoxy) is 3. The molecule has 0 aliphatic carbocycles. The fourth-order valence-electron chi connectivity index (χ4n) is 2.52. The smallest absolute Gasteiger partial charge is 0.438 e. The molecule has 0 aromatic heterocycles. The van der Waals surface area contributed by atoms with E-state index in [9.17, 15) is 14.4 Å². The number of amides is 1. The highest BCUT2D eigenvalue weighted by atomic mass is 79.9. The van der Waals surface area contributed by atoms with Crippen LogP contribution in [0.3, 0.4) is 0 Å². The topological polar surface area (TPSA) is 82.1 Å². The lowest BCUT2D eigenvalue weighted by atomic mass is 9.98. The zero-order valence-electron chi connectivity index (χ0n) is 13.2. The third-order valence-electron chi connectivity index (χ3n) is 3.50. The Morgan fingerprint density at radius 2 is 1.83 bits per heavy atom. The lowest BCUT2D eigenvalue weighted by Gasteiger charge is -2.46. The van der Waals surface area contributed by atoms with E-state index in [-0.39, 0.29) is 11.3 Å². The number of hydrogen-bond donors (Lipinski definition) is 0. The average Bonchev–Trinajstić information content (AvgIpc) is 2.67. The van der Waals surface area contributed by atoms with Gasteiger partial charge in [-0.15, -0.1) is 11.8 Å².